The van der Waals surface area contributed by atoms with Crippen LogP contribution >= 0.6 is 0 Å². The monoisotopic (exact) mass is 366 g/mol. The minimum atomic E-state index is -0.385. The second kappa shape index (κ2) is 8.48. The molecule has 0 heterocycles. The van der Waals surface area contributed by atoms with Crippen LogP contribution in [-0.4, -0.2) is 18.3 Å². The Labute approximate surface area is 164 Å². The molecule has 0 spiro atoms. The highest BCUT2D eigenvalue weighted by Gasteiger charge is 2.43. The number of unbranched alkanes of at least 4 members (excludes halogenated alkanes) is 1. The van der Waals surface area contributed by atoms with Gasteiger partial charge >= 0.3 is 0 Å². The zero-order valence-electron chi connectivity index (χ0n) is 17.3. The van der Waals surface area contributed by atoms with Crippen molar-refractivity contribution in [2.75, 3.05) is 7.11 Å². The average Bonchev–Trinajstić information content (AvgIpc) is 2.80. The third kappa shape index (κ3) is 3.91. The minimum Gasteiger partial charge on any atom is -0.497 e. The lowest BCUT2D eigenvalue weighted by Crippen LogP contribution is -2.38. The molecule has 0 saturated carbocycles. The van der Waals surface area contributed by atoms with E-state index in [1.54, 1.807) is 7.11 Å². The number of aliphatic hydroxyl groups is 1. The first kappa shape index (κ1) is 19.9. The van der Waals surface area contributed by atoms with Gasteiger partial charge in [0.1, 0.15) is 5.75 Å². The smallest absolute Gasteiger partial charge is 0.119 e. The molecule has 0 aliphatic heterocycles. The van der Waals surface area contributed by atoms with Gasteiger partial charge in [-0.2, -0.15) is 0 Å². The van der Waals surface area contributed by atoms with Crippen molar-refractivity contribution in [3.63, 3.8) is 0 Å². The molecule has 1 aliphatic rings. The molecule has 0 radical (unpaired) electrons. The minimum absolute atomic E-state index is 0.00527. The fraction of sp³-hybridized carbons (Fsp3) is 0.520. The summed E-state index contributed by atoms with van der Waals surface area (Å²) in [6.07, 6.45) is 6.14. The number of methoxy groups -OCH3 is 1. The van der Waals surface area contributed by atoms with Crippen LogP contribution in [0.25, 0.3) is 0 Å². The number of hydrogen-bond acceptors (Lipinski definition) is 2. The van der Waals surface area contributed by atoms with Crippen LogP contribution in [0.15, 0.2) is 42.5 Å². The summed E-state index contributed by atoms with van der Waals surface area (Å²) >= 11 is 0. The van der Waals surface area contributed by atoms with Crippen LogP contribution in [0, 0.1) is 12.3 Å². The van der Waals surface area contributed by atoms with Gasteiger partial charge in [0.25, 0.3) is 0 Å². The number of fused-ring (bicyclic) bond motifs is 1. The standard InChI is InChI=1S/C25H34O2/c1-5-7-14-25(6-2)15-13-19-11-12-21(27-4)17-22(19)23(24(25)26)20-10-8-9-18(3)16-20/h8-12,16-17,23-24,26H,5-7,13-15H2,1-4H3/t23-,24-,25-/m1/s1. The molecule has 2 heteroatoms. The highest BCUT2D eigenvalue weighted by atomic mass is 16.5. The summed E-state index contributed by atoms with van der Waals surface area (Å²) in [5.41, 5.74) is 5.01. The summed E-state index contributed by atoms with van der Waals surface area (Å²) in [6, 6.07) is 15.1. The number of aryl methyl sites for hydroxylation is 2. The van der Waals surface area contributed by atoms with Crippen molar-refractivity contribution in [1.29, 1.82) is 0 Å². The average molecular weight is 367 g/mol. The maximum atomic E-state index is 11.8. The third-order valence-electron chi connectivity index (χ3n) is 6.66. The van der Waals surface area contributed by atoms with Gasteiger partial charge in [0.15, 0.2) is 0 Å². The van der Waals surface area contributed by atoms with Crippen LogP contribution < -0.4 is 4.74 Å². The Morgan fingerprint density at radius 3 is 2.63 bits per heavy atom. The lowest BCUT2D eigenvalue weighted by Gasteiger charge is -2.40. The molecule has 0 saturated heterocycles. The van der Waals surface area contributed by atoms with E-state index < -0.39 is 0 Å². The normalized spacial score (nSPS) is 24.9. The maximum absolute atomic E-state index is 11.8. The Morgan fingerprint density at radius 2 is 1.96 bits per heavy atom. The first-order chi connectivity index (χ1) is 13.0. The van der Waals surface area contributed by atoms with E-state index in [9.17, 15) is 5.11 Å². The Bertz CT molecular complexity index is 767. The van der Waals surface area contributed by atoms with Crippen molar-refractivity contribution >= 4 is 0 Å². The van der Waals surface area contributed by atoms with Gasteiger partial charge in [-0.05, 0) is 66.8 Å². The van der Waals surface area contributed by atoms with Gasteiger partial charge in [0, 0.05) is 5.92 Å². The number of rotatable bonds is 6. The molecule has 27 heavy (non-hydrogen) atoms. The van der Waals surface area contributed by atoms with Gasteiger partial charge in [-0.15, -0.1) is 0 Å². The summed E-state index contributed by atoms with van der Waals surface area (Å²) in [5, 5.41) is 11.8. The summed E-state index contributed by atoms with van der Waals surface area (Å²) in [4.78, 5) is 0. The fourth-order valence-electron chi connectivity index (χ4n) is 4.86. The van der Waals surface area contributed by atoms with Crippen molar-refractivity contribution in [2.45, 2.75) is 71.3 Å². The van der Waals surface area contributed by atoms with Gasteiger partial charge in [0.2, 0.25) is 0 Å². The molecule has 2 aromatic carbocycles. The molecule has 0 bridgehead atoms. The molecule has 0 amide bonds. The molecule has 3 rings (SSSR count). The second-order valence-corrected chi connectivity index (χ2v) is 8.22. The highest BCUT2D eigenvalue weighted by molar-refractivity contribution is 5.46. The van der Waals surface area contributed by atoms with E-state index in [0.29, 0.717) is 0 Å². The third-order valence-corrected chi connectivity index (χ3v) is 6.66. The van der Waals surface area contributed by atoms with Crippen LogP contribution in [0.1, 0.15) is 74.1 Å². The van der Waals surface area contributed by atoms with Crippen LogP contribution in [0.3, 0.4) is 0 Å². The first-order valence-electron chi connectivity index (χ1n) is 10.5. The molecule has 146 valence electrons. The summed E-state index contributed by atoms with van der Waals surface area (Å²) in [5.74, 6) is 0.866. The maximum Gasteiger partial charge on any atom is 0.119 e. The zero-order valence-corrected chi connectivity index (χ0v) is 17.3. The molecular weight excluding hydrogens is 332 g/mol. The molecule has 0 unspecified atom stereocenters. The number of aliphatic hydroxyl groups excluding tert-OH is 1. The van der Waals surface area contributed by atoms with Crippen molar-refractivity contribution in [3.05, 3.63) is 64.7 Å². The molecule has 0 aromatic heterocycles. The van der Waals surface area contributed by atoms with Gasteiger partial charge < -0.3 is 9.84 Å². The largest absolute Gasteiger partial charge is 0.497 e. The van der Waals surface area contributed by atoms with Gasteiger partial charge in [-0.1, -0.05) is 62.6 Å². The van der Waals surface area contributed by atoms with E-state index >= 15 is 0 Å². The lowest BCUT2D eigenvalue weighted by molar-refractivity contribution is -0.00158. The van der Waals surface area contributed by atoms with E-state index in [1.165, 1.54) is 35.1 Å². The van der Waals surface area contributed by atoms with Crippen LogP contribution in [0.2, 0.25) is 0 Å². The number of benzene rings is 2. The molecule has 0 fully saturated rings. The predicted octanol–water partition coefficient (Wildman–Crippen LogP) is 6.03. The SMILES string of the molecule is CCCC[C@]1(CC)CCc2ccc(OC)cc2[C@@H](c2cccc(C)c2)[C@H]1O. The van der Waals surface area contributed by atoms with Crippen LogP contribution in [0.4, 0.5) is 0 Å². The summed E-state index contributed by atoms with van der Waals surface area (Å²) < 4.78 is 5.53. The topological polar surface area (TPSA) is 29.5 Å². The Kier molecular flexibility index (Phi) is 6.26. The van der Waals surface area contributed by atoms with E-state index in [4.69, 9.17) is 4.74 Å². The predicted molar refractivity (Wildman–Crippen MR) is 113 cm³/mol. The molecule has 2 nitrogen and oxygen atoms in total. The van der Waals surface area contributed by atoms with Crippen LogP contribution in [-0.2, 0) is 6.42 Å². The van der Waals surface area contributed by atoms with E-state index in [0.717, 1.165) is 31.4 Å². The summed E-state index contributed by atoms with van der Waals surface area (Å²) in [6.45, 7) is 6.62. The highest BCUT2D eigenvalue weighted by Crippen LogP contribution is 2.49. The van der Waals surface area contributed by atoms with Gasteiger partial charge in [-0.3, -0.25) is 0 Å². The van der Waals surface area contributed by atoms with Gasteiger partial charge in [0.05, 0.1) is 13.2 Å². The molecule has 1 aliphatic carbocycles. The zero-order chi connectivity index (χ0) is 19.4. The second-order valence-electron chi connectivity index (χ2n) is 8.22. The Balaban J connectivity index is 2.16. The number of ether oxygens (including phenoxy) is 1. The van der Waals surface area contributed by atoms with E-state index in [-0.39, 0.29) is 17.4 Å². The molecule has 2 aromatic rings. The Hall–Kier alpha value is -1.80. The van der Waals surface area contributed by atoms with E-state index in [2.05, 4.69) is 63.2 Å². The van der Waals surface area contributed by atoms with Crippen molar-refractivity contribution in [1.82, 2.24) is 0 Å². The quantitative estimate of drug-likeness (QED) is 0.633. The summed E-state index contributed by atoms with van der Waals surface area (Å²) in [7, 11) is 1.72. The molecule has 1 N–H and O–H groups in total. The lowest BCUT2D eigenvalue weighted by atomic mass is 9.67. The van der Waals surface area contributed by atoms with Crippen molar-refractivity contribution < 1.29 is 9.84 Å². The van der Waals surface area contributed by atoms with E-state index in [1.807, 2.05) is 0 Å². The van der Waals surface area contributed by atoms with Crippen molar-refractivity contribution in [2.24, 2.45) is 5.41 Å². The molecule has 3 atom stereocenters. The van der Waals surface area contributed by atoms with Crippen LogP contribution in [0.5, 0.6) is 5.75 Å². The first-order valence-corrected chi connectivity index (χ1v) is 10.5. The fourth-order valence-corrected chi connectivity index (χ4v) is 4.86. The Morgan fingerprint density at radius 1 is 1.15 bits per heavy atom. The number of hydrogen-bond donors (Lipinski definition) is 1. The van der Waals surface area contributed by atoms with Crippen molar-refractivity contribution in [3.8, 4) is 5.75 Å². The van der Waals surface area contributed by atoms with Gasteiger partial charge in [-0.25, -0.2) is 0 Å². The molecular formula is C25H34O2.